The highest BCUT2D eigenvalue weighted by atomic mass is 28.4. The van der Waals surface area contributed by atoms with Crippen molar-refractivity contribution in [1.29, 1.82) is 0 Å². The minimum Gasteiger partial charge on any atom is -0.462 e. The Bertz CT molecular complexity index is 2850. The maximum absolute atomic E-state index is 15.0. The number of hydrogen-bond donors (Lipinski definition) is 2. The lowest BCUT2D eigenvalue weighted by molar-refractivity contribution is -0.311. The van der Waals surface area contributed by atoms with Crippen molar-refractivity contribution in [3.63, 3.8) is 0 Å². The van der Waals surface area contributed by atoms with E-state index < -0.39 is 117 Å². The van der Waals surface area contributed by atoms with Crippen LogP contribution in [-0.2, 0) is 61.3 Å². The Kier molecular flexibility index (Phi) is 19.7. The standard InChI is InChI=1S/C69H97NO15Si/c1-16-39(2)61-42(5)30-31-68(84-61)36-48-33-47(83-68)29-28-41(4)60(40(3)22-21-23-46-37-76-64-62(85-86(14,15)67(9,10)11)43(6)32-54(65(71)80-48)69(46,64)73)81-58-35-56(75-13)63(45(8)79-58)82-57-34-55(74-12)59(44(7)78-57)70-66(72)77-38-53-51-26-19-17-24-49(51)50-25-18-20-27-52(50)53/h17-28,30-32,39-40,42,44-45,47-48,53-64,73H,16,29,33-38H2,1-15H3,(H,70,72)/b22-21-,41-28+,46-23+/t39?,40-,42-,44-,45-,47+,48-,54-,55-,56-,57-,58-,59-,60-,61+,62+,63-,64+,68+,69+/m0/s1. The van der Waals surface area contributed by atoms with Gasteiger partial charge in [0.1, 0.15) is 36.4 Å². The molecule has 6 heterocycles. The molecule has 1 spiro atoms. The van der Waals surface area contributed by atoms with Gasteiger partial charge in [0.15, 0.2) is 26.7 Å². The zero-order valence-corrected chi connectivity index (χ0v) is 54.4. The predicted molar refractivity (Wildman–Crippen MR) is 329 cm³/mol. The third kappa shape index (κ3) is 13.1. The van der Waals surface area contributed by atoms with Gasteiger partial charge in [0, 0.05) is 57.7 Å². The molecule has 0 saturated carbocycles. The van der Waals surface area contributed by atoms with Crippen LogP contribution >= 0.6 is 0 Å². The molecule has 2 bridgehead atoms. The van der Waals surface area contributed by atoms with Crippen molar-refractivity contribution >= 4 is 20.4 Å². The van der Waals surface area contributed by atoms with Gasteiger partial charge in [-0.05, 0) is 103 Å². The number of amides is 1. The van der Waals surface area contributed by atoms with E-state index >= 15 is 0 Å². The maximum atomic E-state index is 15.0. The van der Waals surface area contributed by atoms with Crippen LogP contribution < -0.4 is 5.32 Å². The highest BCUT2D eigenvalue weighted by Gasteiger charge is 2.62. The summed E-state index contributed by atoms with van der Waals surface area (Å²) in [6.07, 6.45) is 9.60. The van der Waals surface area contributed by atoms with Gasteiger partial charge < -0.3 is 67.0 Å². The van der Waals surface area contributed by atoms with Crippen molar-refractivity contribution in [3.8, 4) is 11.1 Å². The lowest BCUT2D eigenvalue weighted by atomic mass is 9.71. The molecule has 1 unspecified atom stereocenters. The second kappa shape index (κ2) is 26.2. The minimum absolute atomic E-state index is 0.0718. The number of esters is 1. The maximum Gasteiger partial charge on any atom is 0.407 e. The fraction of sp³-hybridized carbons (Fsp3) is 0.652. The molecular formula is C69H97NO15Si. The van der Waals surface area contributed by atoms with E-state index in [0.29, 0.717) is 37.7 Å². The van der Waals surface area contributed by atoms with Crippen LogP contribution in [0.2, 0.25) is 18.1 Å². The number of aliphatic hydroxyl groups is 1. The van der Waals surface area contributed by atoms with Crippen molar-refractivity contribution in [2.45, 2.75) is 236 Å². The number of fused-ring (bicyclic) bond motifs is 5. The molecule has 17 heteroatoms. The van der Waals surface area contributed by atoms with Gasteiger partial charge in [0.05, 0.1) is 61.5 Å². The summed E-state index contributed by atoms with van der Waals surface area (Å²) in [5.41, 5.74) is 5.20. The molecule has 10 rings (SSSR count). The number of nitrogens with one attached hydrogen (secondary N) is 1. The van der Waals surface area contributed by atoms with Gasteiger partial charge in [0.25, 0.3) is 0 Å². The van der Waals surface area contributed by atoms with Gasteiger partial charge in [-0.2, -0.15) is 0 Å². The number of hydrogen-bond acceptors (Lipinski definition) is 15. The first-order valence-corrected chi connectivity index (χ1v) is 34.6. The summed E-state index contributed by atoms with van der Waals surface area (Å²) < 4.78 is 79.6. The molecule has 0 radical (unpaired) electrons. The van der Waals surface area contributed by atoms with E-state index in [-0.39, 0.29) is 48.0 Å². The second-order valence-electron chi connectivity index (χ2n) is 27.3. The Morgan fingerprint density at radius 3 is 2.17 bits per heavy atom. The van der Waals surface area contributed by atoms with Gasteiger partial charge >= 0.3 is 12.1 Å². The molecule has 4 saturated heterocycles. The third-order valence-electron chi connectivity index (χ3n) is 20.4. The largest absolute Gasteiger partial charge is 0.462 e. The van der Waals surface area contributed by atoms with Crippen LogP contribution in [0.3, 0.4) is 0 Å². The predicted octanol–water partition coefficient (Wildman–Crippen LogP) is 12.0. The monoisotopic (exact) mass is 1210 g/mol. The van der Waals surface area contributed by atoms with Crippen LogP contribution in [0, 0.1) is 23.7 Å². The van der Waals surface area contributed by atoms with E-state index in [1.807, 2.05) is 69.3 Å². The number of methoxy groups -OCH3 is 2. The highest BCUT2D eigenvalue weighted by molar-refractivity contribution is 6.74. The van der Waals surface area contributed by atoms with E-state index in [0.717, 1.165) is 39.8 Å². The van der Waals surface area contributed by atoms with Gasteiger partial charge in [0.2, 0.25) is 0 Å². The number of benzene rings is 2. The fourth-order valence-corrected chi connectivity index (χ4v) is 15.5. The van der Waals surface area contributed by atoms with E-state index in [2.05, 4.69) is 116 Å². The molecule has 8 aliphatic rings. The molecule has 2 aromatic carbocycles. The number of carbonyl (C=O) groups excluding carboxylic acids is 2. The first-order chi connectivity index (χ1) is 40.9. The third-order valence-corrected chi connectivity index (χ3v) is 24.8. The smallest absolute Gasteiger partial charge is 0.407 e. The Hall–Kier alpha value is -4.34. The SMILES string of the molecule is CCC(C)[C@H]1O[C@]2(C=C[C@@H]1C)C[C@@H]1C[C@@H](C/C=C(\C)[C@@H](O[C@H]3C[C@H](OC)[C@@H](O[C@H]4C[C@H](OC)[C@@H](NC(=O)OCC5c6ccccc6-c6ccccc65)[C@H](C)O4)[C@H](C)O3)[C@@H](C)/C=C\C=C3/CO[C@@H]4[C@H](O[Si](C)(C)C(C)(C)C)C(C)=C[C@@H](C(=O)O1)[C@]34O)O2. The molecule has 86 heavy (non-hydrogen) atoms. The molecule has 20 atom stereocenters. The van der Waals surface area contributed by atoms with Crippen LogP contribution in [-0.4, -0.2) is 150 Å². The molecule has 1 amide bonds. The van der Waals surface area contributed by atoms with Gasteiger partial charge in [-0.25, -0.2) is 4.79 Å². The summed E-state index contributed by atoms with van der Waals surface area (Å²) in [6.45, 7) is 27.8. The molecule has 0 aromatic heterocycles. The van der Waals surface area contributed by atoms with E-state index in [1.54, 1.807) is 14.2 Å². The Morgan fingerprint density at radius 1 is 0.837 bits per heavy atom. The van der Waals surface area contributed by atoms with Crippen LogP contribution in [0.1, 0.15) is 132 Å². The van der Waals surface area contributed by atoms with Crippen molar-refractivity contribution < 1.29 is 71.2 Å². The zero-order valence-electron chi connectivity index (χ0n) is 53.4. The van der Waals surface area contributed by atoms with E-state index in [1.165, 1.54) is 0 Å². The lowest BCUT2D eigenvalue weighted by Gasteiger charge is -2.49. The Labute approximate surface area is 511 Å². The second-order valence-corrected chi connectivity index (χ2v) is 32.1. The average molecular weight is 1210 g/mol. The molecule has 472 valence electrons. The molecule has 6 aliphatic heterocycles. The summed E-state index contributed by atoms with van der Waals surface area (Å²) >= 11 is 0. The lowest BCUT2D eigenvalue weighted by Crippen LogP contribution is -2.60. The first-order valence-electron chi connectivity index (χ1n) is 31.7. The Balaban J connectivity index is 0.859. The van der Waals surface area contributed by atoms with Gasteiger partial charge in [-0.15, -0.1) is 0 Å². The molecule has 16 nitrogen and oxygen atoms in total. The highest BCUT2D eigenvalue weighted by Crippen LogP contribution is 2.51. The first kappa shape index (κ1) is 64.6. The molecule has 2 aliphatic carbocycles. The van der Waals surface area contributed by atoms with Crippen molar-refractivity contribution in [2.24, 2.45) is 23.7 Å². The minimum atomic E-state index is -2.40. The normalized spacial score (nSPS) is 39.6. The van der Waals surface area contributed by atoms with Crippen LogP contribution in [0.4, 0.5) is 4.79 Å². The summed E-state index contributed by atoms with van der Waals surface area (Å²) in [4.78, 5) is 28.5. The van der Waals surface area contributed by atoms with E-state index in [9.17, 15) is 14.7 Å². The number of ether oxygens (including phenoxy) is 11. The molecule has 2 aromatic rings. The van der Waals surface area contributed by atoms with Crippen LogP contribution in [0.5, 0.6) is 0 Å². The van der Waals surface area contributed by atoms with Crippen LogP contribution in [0.15, 0.2) is 108 Å². The number of rotatable bonds is 13. The number of carbonyl (C=O) groups is 2. The van der Waals surface area contributed by atoms with Crippen LogP contribution in [0.25, 0.3) is 11.1 Å². The summed E-state index contributed by atoms with van der Waals surface area (Å²) in [6, 6.07) is 16.0. The zero-order chi connectivity index (χ0) is 61.6. The molecular weight excluding hydrogens is 1110 g/mol. The van der Waals surface area contributed by atoms with Crippen molar-refractivity contribution in [2.75, 3.05) is 27.4 Å². The summed E-state index contributed by atoms with van der Waals surface area (Å²) in [7, 11) is 0.890. The molecule has 2 N–H and O–H groups in total. The summed E-state index contributed by atoms with van der Waals surface area (Å²) in [5.74, 6) is -2.59. The Morgan fingerprint density at radius 2 is 1.50 bits per heavy atom. The molecule has 4 fully saturated rings. The topological polar surface area (TPSA) is 177 Å². The van der Waals surface area contributed by atoms with Gasteiger partial charge in [-0.1, -0.05) is 140 Å². The number of alkyl carbamates (subject to hydrolysis) is 1. The average Bonchev–Trinajstić information content (AvgIpc) is 1.55. The van der Waals surface area contributed by atoms with Gasteiger partial charge in [-0.3, -0.25) is 4.79 Å². The summed E-state index contributed by atoms with van der Waals surface area (Å²) in [5, 5.41) is 16.3. The van der Waals surface area contributed by atoms with E-state index in [4.69, 9.17) is 56.5 Å². The number of allylic oxidation sites excluding steroid dienone is 2. The van der Waals surface area contributed by atoms with Crippen molar-refractivity contribution in [1.82, 2.24) is 5.32 Å². The van der Waals surface area contributed by atoms with Crippen molar-refractivity contribution in [3.05, 3.63) is 119 Å². The fourth-order valence-electron chi connectivity index (χ4n) is 14.2. The quantitative estimate of drug-likeness (QED) is 0.110.